The highest BCUT2D eigenvalue weighted by Gasteiger charge is 2.21. The maximum Gasteiger partial charge on any atom is 0.162 e. The lowest BCUT2D eigenvalue weighted by Crippen LogP contribution is -2.42. The fraction of sp³-hybridized carbons (Fsp3) is 0.367. The van der Waals surface area contributed by atoms with E-state index in [1.807, 2.05) is 56.4 Å². The Morgan fingerprint density at radius 2 is 1.61 bits per heavy atom. The van der Waals surface area contributed by atoms with Gasteiger partial charge in [-0.1, -0.05) is 63.2 Å². The molecule has 190 valence electrons. The Balaban J connectivity index is 0.00000176. The summed E-state index contributed by atoms with van der Waals surface area (Å²) in [4.78, 5) is 19.2. The van der Waals surface area contributed by atoms with Crippen LogP contribution in [0, 0.1) is 0 Å². The van der Waals surface area contributed by atoms with Gasteiger partial charge in [0.05, 0.1) is 5.52 Å². The molecule has 2 heterocycles. The standard InChI is InChI=1S/C28H34N6.C2H6/c1-5-23(20-33(3)4)34(6-2)28-24-14-10-11-15-25(24)31-27(32-28)22-16-17-29-26(18-22)30-19-21-12-8-7-9-13-21;1-2/h7-18,23H,5-6,19-20H2,1-4H3,(H,29,30);1-2H3. The summed E-state index contributed by atoms with van der Waals surface area (Å²) in [6.07, 6.45) is 2.86. The van der Waals surface area contributed by atoms with Crippen molar-refractivity contribution in [2.24, 2.45) is 0 Å². The normalized spacial score (nSPS) is 11.6. The first-order chi connectivity index (χ1) is 17.6. The van der Waals surface area contributed by atoms with Crippen molar-refractivity contribution in [2.45, 2.75) is 46.7 Å². The second kappa shape index (κ2) is 13.5. The molecule has 0 bridgehead atoms. The summed E-state index contributed by atoms with van der Waals surface area (Å²) in [5.74, 6) is 2.52. The van der Waals surface area contributed by atoms with E-state index in [0.29, 0.717) is 12.6 Å². The number of nitrogens with zero attached hydrogens (tertiary/aromatic N) is 5. The summed E-state index contributed by atoms with van der Waals surface area (Å²) in [7, 11) is 4.25. The molecule has 1 N–H and O–H groups in total. The first-order valence-electron chi connectivity index (χ1n) is 13.0. The Kier molecular flexibility index (Phi) is 10.2. The molecule has 0 fully saturated rings. The Morgan fingerprint density at radius 3 is 2.31 bits per heavy atom. The van der Waals surface area contributed by atoms with Crippen molar-refractivity contribution >= 4 is 22.5 Å². The molecule has 4 aromatic rings. The summed E-state index contributed by atoms with van der Waals surface area (Å²) in [5.41, 5.74) is 3.12. The molecule has 2 aromatic heterocycles. The fourth-order valence-electron chi connectivity index (χ4n) is 4.31. The molecular formula is C30H40N6. The predicted octanol–water partition coefficient (Wildman–Crippen LogP) is 6.50. The smallest absolute Gasteiger partial charge is 0.162 e. The zero-order valence-electron chi connectivity index (χ0n) is 22.6. The second-order valence-electron chi connectivity index (χ2n) is 8.77. The van der Waals surface area contributed by atoms with E-state index in [-0.39, 0.29) is 0 Å². The van der Waals surface area contributed by atoms with E-state index < -0.39 is 0 Å². The predicted molar refractivity (Wildman–Crippen MR) is 154 cm³/mol. The number of benzene rings is 2. The number of para-hydroxylation sites is 1. The molecule has 0 amide bonds. The highest BCUT2D eigenvalue weighted by Crippen LogP contribution is 2.30. The van der Waals surface area contributed by atoms with Crippen molar-refractivity contribution in [1.82, 2.24) is 19.9 Å². The first kappa shape index (κ1) is 27.1. The number of hydrogen-bond acceptors (Lipinski definition) is 6. The molecule has 0 saturated carbocycles. The zero-order chi connectivity index (χ0) is 25.9. The third kappa shape index (κ3) is 6.79. The van der Waals surface area contributed by atoms with Crippen molar-refractivity contribution in [3.63, 3.8) is 0 Å². The third-order valence-electron chi connectivity index (χ3n) is 6.02. The topological polar surface area (TPSA) is 57.2 Å². The Hall–Kier alpha value is -3.51. The van der Waals surface area contributed by atoms with Crippen LogP contribution in [0.1, 0.15) is 39.7 Å². The van der Waals surface area contributed by atoms with Gasteiger partial charge >= 0.3 is 0 Å². The lowest BCUT2D eigenvalue weighted by molar-refractivity contribution is 0.356. The number of nitrogens with one attached hydrogen (secondary N) is 1. The van der Waals surface area contributed by atoms with Crippen molar-refractivity contribution < 1.29 is 0 Å². The SMILES string of the molecule is CC.CCC(CN(C)C)N(CC)c1nc(-c2ccnc(NCc3ccccc3)c2)nc2ccccc12. The number of likely N-dealkylation sites (N-methyl/N-ethyl adjacent to an activating group) is 2. The van der Waals surface area contributed by atoms with Crippen LogP contribution < -0.4 is 10.2 Å². The molecule has 0 aliphatic rings. The molecule has 0 radical (unpaired) electrons. The van der Waals surface area contributed by atoms with Crippen LogP contribution in [0.15, 0.2) is 72.9 Å². The quantitative estimate of drug-likeness (QED) is 0.277. The lowest BCUT2D eigenvalue weighted by Gasteiger charge is -2.34. The van der Waals surface area contributed by atoms with Gasteiger partial charge in [-0.3, -0.25) is 0 Å². The molecule has 36 heavy (non-hydrogen) atoms. The number of pyridine rings is 1. The van der Waals surface area contributed by atoms with Gasteiger partial charge in [-0.15, -0.1) is 0 Å². The molecule has 4 rings (SSSR count). The average molecular weight is 485 g/mol. The van der Waals surface area contributed by atoms with Crippen molar-refractivity contribution in [3.8, 4) is 11.4 Å². The van der Waals surface area contributed by atoms with E-state index in [2.05, 4.69) is 78.4 Å². The summed E-state index contributed by atoms with van der Waals surface area (Å²) < 4.78 is 0. The number of hydrogen-bond donors (Lipinski definition) is 1. The number of rotatable bonds is 10. The van der Waals surface area contributed by atoms with Gasteiger partial charge in [-0.05, 0) is 57.3 Å². The molecule has 0 aliphatic carbocycles. The van der Waals surface area contributed by atoms with E-state index in [0.717, 1.165) is 53.4 Å². The highest BCUT2D eigenvalue weighted by molar-refractivity contribution is 5.91. The van der Waals surface area contributed by atoms with Gasteiger partial charge < -0.3 is 15.1 Å². The van der Waals surface area contributed by atoms with E-state index >= 15 is 0 Å². The van der Waals surface area contributed by atoms with Crippen molar-refractivity contribution in [3.05, 3.63) is 78.5 Å². The first-order valence-corrected chi connectivity index (χ1v) is 13.0. The van der Waals surface area contributed by atoms with Gasteiger partial charge in [0.15, 0.2) is 5.82 Å². The Morgan fingerprint density at radius 1 is 0.889 bits per heavy atom. The number of anilines is 2. The largest absolute Gasteiger partial charge is 0.366 e. The molecule has 0 spiro atoms. The summed E-state index contributed by atoms with van der Waals surface area (Å²) >= 11 is 0. The minimum atomic E-state index is 0.367. The van der Waals surface area contributed by atoms with Crippen LogP contribution in [0.25, 0.3) is 22.3 Å². The maximum absolute atomic E-state index is 5.12. The van der Waals surface area contributed by atoms with E-state index in [1.54, 1.807) is 0 Å². The second-order valence-corrected chi connectivity index (χ2v) is 8.77. The van der Waals surface area contributed by atoms with Gasteiger partial charge in [-0.2, -0.15) is 0 Å². The van der Waals surface area contributed by atoms with Crippen molar-refractivity contribution in [2.75, 3.05) is 37.4 Å². The molecule has 6 heteroatoms. The van der Waals surface area contributed by atoms with E-state index in [4.69, 9.17) is 9.97 Å². The van der Waals surface area contributed by atoms with Gasteiger partial charge in [0.2, 0.25) is 0 Å². The maximum atomic E-state index is 5.12. The van der Waals surface area contributed by atoms with E-state index in [9.17, 15) is 0 Å². The van der Waals surface area contributed by atoms with Gasteiger partial charge in [0.1, 0.15) is 11.6 Å². The molecule has 1 unspecified atom stereocenters. The molecular weight excluding hydrogens is 444 g/mol. The number of aromatic nitrogens is 3. The minimum Gasteiger partial charge on any atom is -0.366 e. The van der Waals surface area contributed by atoms with Crippen LogP contribution in [0.2, 0.25) is 0 Å². The Labute approximate surface area is 216 Å². The fourth-order valence-corrected chi connectivity index (χ4v) is 4.31. The molecule has 6 nitrogen and oxygen atoms in total. The minimum absolute atomic E-state index is 0.367. The van der Waals surface area contributed by atoms with Crippen LogP contribution in [0.5, 0.6) is 0 Å². The third-order valence-corrected chi connectivity index (χ3v) is 6.02. The highest BCUT2D eigenvalue weighted by atomic mass is 15.2. The zero-order valence-corrected chi connectivity index (χ0v) is 22.6. The summed E-state index contributed by atoms with van der Waals surface area (Å²) in [6, 6.07) is 23.0. The van der Waals surface area contributed by atoms with Crippen LogP contribution >= 0.6 is 0 Å². The lowest BCUT2D eigenvalue weighted by atomic mass is 10.1. The summed E-state index contributed by atoms with van der Waals surface area (Å²) in [6.45, 7) is 11.0. The Bertz CT molecular complexity index is 1210. The van der Waals surface area contributed by atoms with Crippen LogP contribution in [0.3, 0.4) is 0 Å². The van der Waals surface area contributed by atoms with Gasteiger partial charge in [-0.25, -0.2) is 15.0 Å². The average Bonchev–Trinajstić information content (AvgIpc) is 2.93. The van der Waals surface area contributed by atoms with Crippen LogP contribution in [0.4, 0.5) is 11.6 Å². The van der Waals surface area contributed by atoms with Gasteiger partial charge in [0.25, 0.3) is 0 Å². The monoisotopic (exact) mass is 484 g/mol. The van der Waals surface area contributed by atoms with Gasteiger partial charge in [0, 0.05) is 42.8 Å². The van der Waals surface area contributed by atoms with E-state index in [1.165, 1.54) is 5.56 Å². The molecule has 0 saturated heterocycles. The molecule has 2 aromatic carbocycles. The molecule has 1 atom stereocenters. The summed E-state index contributed by atoms with van der Waals surface area (Å²) in [5, 5.41) is 4.51. The van der Waals surface area contributed by atoms with Crippen molar-refractivity contribution in [1.29, 1.82) is 0 Å². The van der Waals surface area contributed by atoms with Crippen LogP contribution in [-0.2, 0) is 6.54 Å². The van der Waals surface area contributed by atoms with Crippen LogP contribution in [-0.4, -0.2) is 53.1 Å². The number of fused-ring (bicyclic) bond motifs is 1. The molecule has 0 aliphatic heterocycles.